The highest BCUT2D eigenvalue weighted by Crippen LogP contribution is 2.26. The van der Waals surface area contributed by atoms with E-state index in [1.54, 1.807) is 18.4 Å². The summed E-state index contributed by atoms with van der Waals surface area (Å²) in [7, 11) is 1.65. The Morgan fingerprint density at radius 2 is 1.96 bits per heavy atom. The van der Waals surface area contributed by atoms with Crippen LogP contribution in [0.1, 0.15) is 23.2 Å². The van der Waals surface area contributed by atoms with E-state index < -0.39 is 0 Å². The largest absolute Gasteiger partial charge is 0.383 e. The van der Waals surface area contributed by atoms with Gasteiger partial charge in [-0.1, -0.05) is 18.2 Å². The lowest BCUT2D eigenvalue weighted by Crippen LogP contribution is -2.33. The fourth-order valence-electron chi connectivity index (χ4n) is 2.23. The smallest absolute Gasteiger partial charge is 0.220 e. The van der Waals surface area contributed by atoms with Crippen molar-refractivity contribution in [3.05, 3.63) is 35.2 Å². The van der Waals surface area contributed by atoms with Crippen LogP contribution in [0.5, 0.6) is 0 Å². The number of nitrogens with one attached hydrogen (secondary N) is 2. The summed E-state index contributed by atoms with van der Waals surface area (Å²) in [5, 5.41) is 8.81. The molecule has 0 saturated carbocycles. The Hall–Kier alpha value is -1.76. The number of rotatable bonds is 10. The quantitative estimate of drug-likeness (QED) is 0.516. The molecule has 0 aliphatic carbocycles. The first-order valence-electron chi connectivity index (χ1n) is 7.68. The normalized spacial score (nSPS) is 10.8. The number of ether oxygens (including phenoxy) is 1. The molecular weight excluding hydrogens is 312 g/mol. The van der Waals surface area contributed by atoms with Crippen molar-refractivity contribution in [1.82, 2.24) is 10.6 Å². The summed E-state index contributed by atoms with van der Waals surface area (Å²) in [6.45, 7) is 2.66. The molecule has 1 heterocycles. The van der Waals surface area contributed by atoms with Gasteiger partial charge in [0.1, 0.15) is 0 Å². The lowest BCUT2D eigenvalue weighted by atomic mass is 10.1. The van der Waals surface area contributed by atoms with Crippen LogP contribution in [-0.2, 0) is 9.53 Å². The van der Waals surface area contributed by atoms with E-state index in [2.05, 4.69) is 10.6 Å². The minimum absolute atomic E-state index is 0.0239. The van der Waals surface area contributed by atoms with Gasteiger partial charge < -0.3 is 15.4 Å². The lowest BCUT2D eigenvalue weighted by Gasteiger charge is -2.06. The van der Waals surface area contributed by atoms with Crippen LogP contribution < -0.4 is 10.6 Å². The lowest BCUT2D eigenvalue weighted by molar-refractivity contribution is -0.121. The first kappa shape index (κ1) is 17.6. The monoisotopic (exact) mass is 334 g/mol. The second-order valence-electron chi connectivity index (χ2n) is 5.16. The number of amides is 1. The third-order valence-electron chi connectivity index (χ3n) is 3.47. The van der Waals surface area contributed by atoms with Crippen LogP contribution in [0.25, 0.3) is 10.1 Å². The molecule has 5 nitrogen and oxygen atoms in total. The van der Waals surface area contributed by atoms with Crippen LogP contribution in [-0.4, -0.2) is 45.0 Å². The molecule has 0 atom stereocenters. The summed E-state index contributed by atoms with van der Waals surface area (Å²) < 4.78 is 6.01. The Kier molecular flexibility index (Phi) is 7.19. The van der Waals surface area contributed by atoms with Crippen LogP contribution in [0, 0.1) is 0 Å². The zero-order chi connectivity index (χ0) is 16.5. The molecule has 2 N–H and O–H groups in total. The minimum Gasteiger partial charge on any atom is -0.383 e. The van der Waals surface area contributed by atoms with Crippen molar-refractivity contribution in [2.24, 2.45) is 0 Å². The highest BCUT2D eigenvalue weighted by molar-refractivity contribution is 7.17. The molecule has 0 bridgehead atoms. The van der Waals surface area contributed by atoms with Crippen LogP contribution in [0.2, 0.25) is 0 Å². The Balaban J connectivity index is 1.71. The molecule has 0 fully saturated rings. The van der Waals surface area contributed by atoms with Crippen LogP contribution in [0.4, 0.5) is 0 Å². The molecule has 0 saturated heterocycles. The number of ketones is 1. The molecule has 2 aromatic rings. The first-order chi connectivity index (χ1) is 11.2. The van der Waals surface area contributed by atoms with Gasteiger partial charge in [0.2, 0.25) is 5.91 Å². The summed E-state index contributed by atoms with van der Waals surface area (Å²) in [4.78, 5) is 24.0. The fourth-order valence-corrected chi connectivity index (χ4v) is 3.20. The Morgan fingerprint density at radius 1 is 1.13 bits per heavy atom. The average Bonchev–Trinajstić information content (AvgIpc) is 3.00. The van der Waals surface area contributed by atoms with Crippen molar-refractivity contribution in [2.75, 3.05) is 33.4 Å². The summed E-state index contributed by atoms with van der Waals surface area (Å²) in [5.41, 5.74) is 0.722. The highest BCUT2D eigenvalue weighted by atomic mass is 32.1. The van der Waals surface area contributed by atoms with E-state index in [4.69, 9.17) is 4.74 Å². The molecule has 0 aliphatic heterocycles. The molecule has 2 rings (SSSR count). The van der Waals surface area contributed by atoms with Gasteiger partial charge in [0.25, 0.3) is 0 Å². The molecule has 6 heteroatoms. The van der Waals surface area contributed by atoms with Gasteiger partial charge in [-0.2, -0.15) is 0 Å². The zero-order valence-electron chi connectivity index (χ0n) is 13.3. The van der Waals surface area contributed by atoms with Gasteiger partial charge in [-0.05, 0) is 6.07 Å². The molecule has 0 radical (unpaired) electrons. The summed E-state index contributed by atoms with van der Waals surface area (Å²) in [6.07, 6.45) is 0.463. The number of hydrogen-bond acceptors (Lipinski definition) is 5. The second kappa shape index (κ2) is 9.39. The third kappa shape index (κ3) is 5.42. The Bertz CT molecular complexity index is 654. The Labute approximate surface area is 140 Å². The second-order valence-corrected chi connectivity index (χ2v) is 6.07. The predicted molar refractivity (Wildman–Crippen MR) is 93.1 cm³/mol. The topological polar surface area (TPSA) is 67.4 Å². The van der Waals surface area contributed by atoms with Gasteiger partial charge in [-0.25, -0.2) is 0 Å². The van der Waals surface area contributed by atoms with Crippen molar-refractivity contribution in [1.29, 1.82) is 0 Å². The van der Waals surface area contributed by atoms with Crippen molar-refractivity contribution in [2.45, 2.75) is 12.8 Å². The van der Waals surface area contributed by atoms with Gasteiger partial charge in [-0.3, -0.25) is 9.59 Å². The van der Waals surface area contributed by atoms with E-state index in [1.165, 1.54) is 0 Å². The molecule has 1 aromatic carbocycles. The van der Waals surface area contributed by atoms with E-state index in [1.807, 2.05) is 29.6 Å². The van der Waals surface area contributed by atoms with E-state index >= 15 is 0 Å². The van der Waals surface area contributed by atoms with Crippen LogP contribution >= 0.6 is 11.3 Å². The predicted octanol–water partition coefficient (Wildman–Crippen LogP) is 2.22. The van der Waals surface area contributed by atoms with Crippen molar-refractivity contribution < 1.29 is 14.3 Å². The van der Waals surface area contributed by atoms with Gasteiger partial charge in [-0.15, -0.1) is 11.3 Å². The van der Waals surface area contributed by atoms with E-state index in [0.29, 0.717) is 19.7 Å². The van der Waals surface area contributed by atoms with Gasteiger partial charge in [0.15, 0.2) is 5.78 Å². The van der Waals surface area contributed by atoms with E-state index in [-0.39, 0.29) is 24.5 Å². The maximum atomic E-state index is 12.3. The van der Waals surface area contributed by atoms with E-state index in [9.17, 15) is 9.59 Å². The summed E-state index contributed by atoms with van der Waals surface area (Å²) >= 11 is 1.56. The van der Waals surface area contributed by atoms with Crippen molar-refractivity contribution in [3.63, 3.8) is 0 Å². The number of fused-ring (bicyclic) bond motifs is 1. The first-order valence-corrected chi connectivity index (χ1v) is 8.56. The van der Waals surface area contributed by atoms with Crippen molar-refractivity contribution in [3.8, 4) is 0 Å². The van der Waals surface area contributed by atoms with Crippen LogP contribution in [0.3, 0.4) is 0 Å². The molecule has 0 aliphatic rings. The number of carbonyl (C=O) groups excluding carboxylic acids is 2. The fraction of sp³-hybridized carbons (Fsp3) is 0.412. The van der Waals surface area contributed by atoms with Crippen LogP contribution in [0.15, 0.2) is 29.6 Å². The SMILES string of the molecule is COCCNCCNC(=O)CCC(=O)c1csc2ccccc12. The number of methoxy groups -OCH3 is 1. The molecule has 23 heavy (non-hydrogen) atoms. The maximum Gasteiger partial charge on any atom is 0.220 e. The number of Topliss-reactive ketones (excluding diaryl/α,β-unsaturated/α-hetero) is 1. The number of thiophene rings is 1. The van der Waals surface area contributed by atoms with Crippen molar-refractivity contribution >= 4 is 33.1 Å². The van der Waals surface area contributed by atoms with Gasteiger partial charge in [0, 0.05) is 60.6 Å². The molecule has 1 aromatic heterocycles. The standard InChI is InChI=1S/C17H22N2O3S/c1-22-11-10-18-8-9-19-17(21)7-6-15(20)14-12-23-16-5-3-2-4-13(14)16/h2-5,12,18H,6-11H2,1H3,(H,19,21). The third-order valence-corrected chi connectivity index (χ3v) is 4.43. The number of hydrogen-bond donors (Lipinski definition) is 2. The number of carbonyl (C=O) groups is 2. The maximum absolute atomic E-state index is 12.3. The summed E-state index contributed by atoms with van der Waals surface area (Å²) in [5.74, 6) is -0.0674. The average molecular weight is 334 g/mol. The molecule has 0 spiro atoms. The highest BCUT2D eigenvalue weighted by Gasteiger charge is 2.13. The van der Waals surface area contributed by atoms with Gasteiger partial charge in [0.05, 0.1) is 6.61 Å². The van der Waals surface area contributed by atoms with E-state index in [0.717, 1.165) is 22.2 Å². The minimum atomic E-state index is -0.0913. The molecule has 0 unspecified atom stereocenters. The molecular formula is C17H22N2O3S. The Morgan fingerprint density at radius 3 is 2.78 bits per heavy atom. The molecule has 124 valence electrons. The number of benzene rings is 1. The molecule has 1 amide bonds. The summed E-state index contributed by atoms with van der Waals surface area (Å²) in [6, 6.07) is 7.83. The zero-order valence-corrected chi connectivity index (χ0v) is 14.1. The van der Waals surface area contributed by atoms with Gasteiger partial charge >= 0.3 is 0 Å².